The van der Waals surface area contributed by atoms with Gasteiger partial charge in [0.25, 0.3) is 5.91 Å². The summed E-state index contributed by atoms with van der Waals surface area (Å²) in [5.41, 5.74) is 2.17. The van der Waals surface area contributed by atoms with Gasteiger partial charge in [0.05, 0.1) is 11.3 Å². The molecule has 100 valence electrons. The molecular weight excluding hydrogens is 242 g/mol. The van der Waals surface area contributed by atoms with Crippen LogP contribution in [-0.4, -0.2) is 17.6 Å². The molecule has 1 N–H and O–H groups in total. The molecule has 19 heavy (non-hydrogen) atoms. The molecule has 0 radical (unpaired) electrons. The molecule has 0 aliphatic carbocycles. The Balaban J connectivity index is 2.39. The van der Waals surface area contributed by atoms with Crippen LogP contribution in [0.4, 0.5) is 5.69 Å². The predicted molar refractivity (Wildman–Crippen MR) is 73.6 cm³/mol. The number of hydrogen-bond donors (Lipinski definition) is 1. The van der Waals surface area contributed by atoms with Gasteiger partial charge in [-0.15, -0.1) is 0 Å². The smallest absolute Gasteiger partial charge is 0.261 e. The SMILES string of the molecule is CCN(C(=O)c1coc(C)c1)c1cc(O)ccc1C. The van der Waals surface area contributed by atoms with Gasteiger partial charge in [0.2, 0.25) is 0 Å². The van der Waals surface area contributed by atoms with E-state index in [0.717, 1.165) is 5.56 Å². The molecule has 2 rings (SSSR count). The van der Waals surface area contributed by atoms with Crippen LogP contribution < -0.4 is 4.90 Å². The summed E-state index contributed by atoms with van der Waals surface area (Å²) in [5, 5.41) is 9.58. The number of aromatic hydroxyl groups is 1. The van der Waals surface area contributed by atoms with Crippen LogP contribution in [0.15, 0.2) is 34.9 Å². The van der Waals surface area contributed by atoms with Gasteiger partial charge in [-0.05, 0) is 38.5 Å². The van der Waals surface area contributed by atoms with Crippen molar-refractivity contribution in [2.45, 2.75) is 20.8 Å². The van der Waals surface area contributed by atoms with Crippen LogP contribution in [0.5, 0.6) is 5.75 Å². The zero-order valence-corrected chi connectivity index (χ0v) is 11.3. The molecule has 0 bridgehead atoms. The number of benzene rings is 1. The van der Waals surface area contributed by atoms with E-state index in [2.05, 4.69) is 0 Å². The number of carbonyl (C=O) groups excluding carboxylic acids is 1. The molecule has 0 atom stereocenters. The van der Waals surface area contributed by atoms with Crippen molar-refractivity contribution in [1.29, 1.82) is 0 Å². The number of rotatable bonds is 3. The number of phenols is 1. The summed E-state index contributed by atoms with van der Waals surface area (Å²) in [4.78, 5) is 14.1. The Kier molecular flexibility index (Phi) is 3.60. The monoisotopic (exact) mass is 259 g/mol. The minimum atomic E-state index is -0.131. The molecule has 0 saturated carbocycles. The summed E-state index contributed by atoms with van der Waals surface area (Å²) in [7, 11) is 0. The Morgan fingerprint density at radius 2 is 2.05 bits per heavy atom. The number of hydrogen-bond acceptors (Lipinski definition) is 3. The molecule has 1 heterocycles. The second kappa shape index (κ2) is 5.18. The van der Waals surface area contributed by atoms with Crippen LogP contribution >= 0.6 is 0 Å². The average molecular weight is 259 g/mol. The normalized spacial score (nSPS) is 10.5. The van der Waals surface area contributed by atoms with E-state index < -0.39 is 0 Å². The van der Waals surface area contributed by atoms with Crippen molar-refractivity contribution in [3.8, 4) is 5.75 Å². The highest BCUT2D eigenvalue weighted by molar-refractivity contribution is 6.06. The van der Waals surface area contributed by atoms with Gasteiger partial charge >= 0.3 is 0 Å². The van der Waals surface area contributed by atoms with Crippen LogP contribution in [0.3, 0.4) is 0 Å². The lowest BCUT2D eigenvalue weighted by molar-refractivity contribution is 0.0987. The van der Waals surface area contributed by atoms with Crippen molar-refractivity contribution >= 4 is 11.6 Å². The zero-order valence-electron chi connectivity index (χ0n) is 11.3. The van der Waals surface area contributed by atoms with Crippen LogP contribution in [0.1, 0.15) is 28.6 Å². The van der Waals surface area contributed by atoms with E-state index in [1.807, 2.05) is 13.8 Å². The number of amides is 1. The van der Waals surface area contributed by atoms with Crippen molar-refractivity contribution < 1.29 is 14.3 Å². The maximum Gasteiger partial charge on any atom is 0.261 e. The average Bonchev–Trinajstić information content (AvgIpc) is 2.81. The summed E-state index contributed by atoms with van der Waals surface area (Å²) < 4.78 is 5.17. The molecule has 0 aliphatic rings. The Morgan fingerprint density at radius 1 is 1.32 bits per heavy atom. The quantitative estimate of drug-likeness (QED) is 0.920. The third-order valence-corrected chi connectivity index (χ3v) is 3.02. The third kappa shape index (κ3) is 2.62. The Bertz CT molecular complexity index is 601. The van der Waals surface area contributed by atoms with Crippen LogP contribution in [0.2, 0.25) is 0 Å². The maximum atomic E-state index is 12.4. The molecule has 4 nitrogen and oxygen atoms in total. The van der Waals surface area contributed by atoms with Gasteiger partial charge in [0, 0.05) is 12.6 Å². The highest BCUT2D eigenvalue weighted by Gasteiger charge is 2.19. The molecular formula is C15H17NO3. The van der Waals surface area contributed by atoms with E-state index in [0.29, 0.717) is 23.6 Å². The van der Waals surface area contributed by atoms with Gasteiger partial charge in [0.15, 0.2) is 0 Å². The molecule has 0 spiro atoms. The van der Waals surface area contributed by atoms with Gasteiger partial charge in [-0.3, -0.25) is 4.79 Å². The number of furan rings is 1. The van der Waals surface area contributed by atoms with Crippen molar-refractivity contribution in [3.63, 3.8) is 0 Å². The molecule has 1 amide bonds. The van der Waals surface area contributed by atoms with Crippen molar-refractivity contribution in [3.05, 3.63) is 47.4 Å². The lowest BCUT2D eigenvalue weighted by Gasteiger charge is -2.22. The second-order valence-corrected chi connectivity index (χ2v) is 4.47. The Labute approximate surface area is 112 Å². The first-order chi connectivity index (χ1) is 9.02. The van der Waals surface area contributed by atoms with Crippen molar-refractivity contribution in [2.24, 2.45) is 0 Å². The zero-order chi connectivity index (χ0) is 14.0. The number of carbonyl (C=O) groups is 1. The largest absolute Gasteiger partial charge is 0.508 e. The van der Waals surface area contributed by atoms with E-state index in [-0.39, 0.29) is 11.7 Å². The van der Waals surface area contributed by atoms with E-state index in [1.165, 1.54) is 6.26 Å². The highest BCUT2D eigenvalue weighted by Crippen LogP contribution is 2.26. The summed E-state index contributed by atoms with van der Waals surface area (Å²) in [5.74, 6) is 0.718. The Morgan fingerprint density at radius 3 is 2.63 bits per heavy atom. The summed E-state index contributed by atoms with van der Waals surface area (Å²) in [6.45, 7) is 6.12. The first-order valence-corrected chi connectivity index (χ1v) is 6.19. The number of aryl methyl sites for hydroxylation is 2. The second-order valence-electron chi connectivity index (χ2n) is 4.47. The molecule has 0 aliphatic heterocycles. The molecule has 0 unspecified atom stereocenters. The lowest BCUT2D eigenvalue weighted by atomic mass is 10.1. The van der Waals surface area contributed by atoms with Gasteiger partial charge < -0.3 is 14.4 Å². The van der Waals surface area contributed by atoms with Gasteiger partial charge in [-0.25, -0.2) is 0 Å². The standard InChI is InChI=1S/C15H17NO3/c1-4-16(14-8-13(17)6-5-10(14)2)15(18)12-7-11(3)19-9-12/h5-9,17H,4H2,1-3H3. The van der Waals surface area contributed by atoms with Crippen LogP contribution in [0.25, 0.3) is 0 Å². The number of anilines is 1. The Hall–Kier alpha value is -2.23. The van der Waals surface area contributed by atoms with E-state index in [1.54, 1.807) is 36.1 Å². The van der Waals surface area contributed by atoms with Crippen molar-refractivity contribution in [1.82, 2.24) is 0 Å². The topological polar surface area (TPSA) is 53.7 Å². The van der Waals surface area contributed by atoms with Crippen molar-refractivity contribution in [2.75, 3.05) is 11.4 Å². The van der Waals surface area contributed by atoms with Crippen LogP contribution in [0, 0.1) is 13.8 Å². The molecule has 1 aromatic carbocycles. The third-order valence-electron chi connectivity index (χ3n) is 3.02. The molecule has 1 aromatic heterocycles. The van der Waals surface area contributed by atoms with Gasteiger partial charge in [-0.1, -0.05) is 6.07 Å². The fourth-order valence-corrected chi connectivity index (χ4v) is 2.02. The van der Waals surface area contributed by atoms with E-state index in [4.69, 9.17) is 4.42 Å². The molecule has 0 fully saturated rings. The number of nitrogens with zero attached hydrogens (tertiary/aromatic N) is 1. The summed E-state index contributed by atoms with van der Waals surface area (Å²) >= 11 is 0. The van der Waals surface area contributed by atoms with Gasteiger partial charge in [-0.2, -0.15) is 0 Å². The number of phenolic OH excluding ortho intramolecular Hbond substituents is 1. The highest BCUT2D eigenvalue weighted by atomic mass is 16.3. The minimum Gasteiger partial charge on any atom is -0.508 e. The van der Waals surface area contributed by atoms with Gasteiger partial charge in [0.1, 0.15) is 17.8 Å². The minimum absolute atomic E-state index is 0.131. The van der Waals surface area contributed by atoms with E-state index in [9.17, 15) is 9.90 Å². The maximum absolute atomic E-state index is 12.4. The summed E-state index contributed by atoms with van der Waals surface area (Å²) in [6, 6.07) is 6.72. The lowest BCUT2D eigenvalue weighted by Crippen LogP contribution is -2.30. The first-order valence-electron chi connectivity index (χ1n) is 6.19. The molecule has 0 saturated heterocycles. The summed E-state index contributed by atoms with van der Waals surface area (Å²) in [6.07, 6.45) is 1.46. The fraction of sp³-hybridized carbons (Fsp3) is 0.267. The fourth-order valence-electron chi connectivity index (χ4n) is 2.02. The van der Waals surface area contributed by atoms with E-state index >= 15 is 0 Å². The predicted octanol–water partition coefficient (Wildman–Crippen LogP) is 3.27. The molecule has 4 heteroatoms. The molecule has 2 aromatic rings. The first kappa shape index (κ1) is 13.2. The van der Waals surface area contributed by atoms with Crippen LogP contribution in [-0.2, 0) is 0 Å².